The van der Waals surface area contributed by atoms with E-state index < -0.39 is 0 Å². The van der Waals surface area contributed by atoms with Crippen molar-refractivity contribution >= 4 is 0 Å². The first-order valence-electron chi connectivity index (χ1n) is 4.14. The summed E-state index contributed by atoms with van der Waals surface area (Å²) in [7, 11) is 0. The van der Waals surface area contributed by atoms with Gasteiger partial charge in [-0.25, -0.2) is 0 Å². The van der Waals surface area contributed by atoms with Crippen molar-refractivity contribution in [3.05, 3.63) is 0 Å². The van der Waals surface area contributed by atoms with Crippen LogP contribution < -0.4 is 0 Å². The van der Waals surface area contributed by atoms with Crippen molar-refractivity contribution in [3.63, 3.8) is 0 Å². The molecule has 3 atom stereocenters. The van der Waals surface area contributed by atoms with Crippen LogP contribution in [0.1, 0.15) is 6.92 Å². The SMILES string of the molecule is C[C@@H]1[C@@H](CON(O)O)[C@H]1CON(O)O. The molecule has 0 aromatic heterocycles. The second-order valence-corrected chi connectivity index (χ2v) is 3.28. The Hall–Kier alpha value is -0.320. The average molecular weight is 210 g/mol. The lowest BCUT2D eigenvalue weighted by Crippen LogP contribution is -2.18. The van der Waals surface area contributed by atoms with Gasteiger partial charge in [-0.15, -0.1) is 0 Å². The molecule has 0 unspecified atom stereocenters. The van der Waals surface area contributed by atoms with Gasteiger partial charge in [-0.3, -0.25) is 30.5 Å². The lowest BCUT2D eigenvalue weighted by Gasteiger charge is -2.06. The van der Waals surface area contributed by atoms with Crippen molar-refractivity contribution in [1.29, 1.82) is 0 Å². The second-order valence-electron chi connectivity index (χ2n) is 3.28. The van der Waals surface area contributed by atoms with Crippen LogP contribution in [0.4, 0.5) is 0 Å². The average Bonchev–Trinajstić information content (AvgIpc) is 2.69. The Morgan fingerprint density at radius 1 is 0.929 bits per heavy atom. The molecule has 8 heteroatoms. The van der Waals surface area contributed by atoms with Gasteiger partial charge in [0.05, 0.1) is 24.0 Å². The standard InChI is InChI=1S/C6H14N2O6/c1-4-5(2-13-7(9)10)6(4)3-14-8(11)12/h4-6,9-12H,2-3H2,1H3/t4-,5-,6+. The predicted octanol–water partition coefficient (Wildman–Crippen LogP) is -0.108. The van der Waals surface area contributed by atoms with Gasteiger partial charge in [0.2, 0.25) is 0 Å². The van der Waals surface area contributed by atoms with Gasteiger partial charge in [0.15, 0.2) is 0 Å². The van der Waals surface area contributed by atoms with E-state index in [1.807, 2.05) is 6.92 Å². The van der Waals surface area contributed by atoms with Gasteiger partial charge in [-0.1, -0.05) is 6.92 Å². The molecular formula is C6H14N2O6. The van der Waals surface area contributed by atoms with Gasteiger partial charge in [-0.2, -0.15) is 0 Å². The summed E-state index contributed by atoms with van der Waals surface area (Å²) < 4.78 is 0. The number of hydrogen-bond donors (Lipinski definition) is 4. The van der Waals surface area contributed by atoms with Crippen molar-refractivity contribution in [2.75, 3.05) is 13.2 Å². The summed E-state index contributed by atoms with van der Waals surface area (Å²) in [5, 5.41) is 32.4. The highest BCUT2D eigenvalue weighted by Crippen LogP contribution is 2.46. The fourth-order valence-electron chi connectivity index (χ4n) is 1.49. The zero-order valence-electron chi connectivity index (χ0n) is 7.65. The molecule has 0 amide bonds. The Morgan fingerprint density at radius 2 is 1.29 bits per heavy atom. The summed E-state index contributed by atoms with van der Waals surface area (Å²) in [6, 6.07) is 0. The first-order chi connectivity index (χ1) is 6.52. The molecule has 1 aliphatic carbocycles. The molecule has 4 N–H and O–H groups in total. The maximum atomic E-state index is 8.27. The molecule has 0 aliphatic heterocycles. The van der Waals surface area contributed by atoms with E-state index in [1.165, 1.54) is 0 Å². The Morgan fingerprint density at radius 3 is 1.57 bits per heavy atom. The van der Waals surface area contributed by atoms with Crippen molar-refractivity contribution in [1.82, 2.24) is 10.8 Å². The molecule has 1 fully saturated rings. The summed E-state index contributed by atoms with van der Waals surface area (Å²) in [5.74, 6) is 0.531. The summed E-state index contributed by atoms with van der Waals surface area (Å²) in [6.07, 6.45) is 0. The first kappa shape index (κ1) is 11.8. The quantitative estimate of drug-likeness (QED) is 0.450. The molecule has 84 valence electrons. The Labute approximate surface area is 80.2 Å². The topological polar surface area (TPSA) is 106 Å². The van der Waals surface area contributed by atoms with Crippen LogP contribution in [-0.4, -0.2) is 44.8 Å². The van der Waals surface area contributed by atoms with Crippen molar-refractivity contribution in [2.45, 2.75) is 6.92 Å². The lowest BCUT2D eigenvalue weighted by molar-refractivity contribution is -0.496. The second kappa shape index (κ2) is 4.96. The fraction of sp³-hybridized carbons (Fsp3) is 1.00. The van der Waals surface area contributed by atoms with Crippen LogP contribution in [0.3, 0.4) is 0 Å². The molecule has 1 rings (SSSR count). The van der Waals surface area contributed by atoms with E-state index >= 15 is 0 Å². The maximum absolute atomic E-state index is 8.27. The molecule has 1 saturated carbocycles. The smallest absolute Gasteiger partial charge is 0.0770 e. The van der Waals surface area contributed by atoms with Crippen LogP contribution in [0.2, 0.25) is 0 Å². The third kappa shape index (κ3) is 3.44. The van der Waals surface area contributed by atoms with Crippen LogP contribution in [-0.2, 0) is 9.68 Å². The first-order valence-corrected chi connectivity index (χ1v) is 4.14. The molecule has 8 nitrogen and oxygen atoms in total. The number of nitrogens with zero attached hydrogens (tertiary/aromatic N) is 2. The van der Waals surface area contributed by atoms with Gasteiger partial charge in [-0.05, 0) is 17.8 Å². The van der Waals surface area contributed by atoms with E-state index in [9.17, 15) is 0 Å². The van der Waals surface area contributed by atoms with E-state index in [0.717, 1.165) is 0 Å². The highest BCUT2D eigenvalue weighted by Gasteiger charge is 2.47. The molecule has 1 aliphatic rings. The molecule has 14 heavy (non-hydrogen) atoms. The van der Waals surface area contributed by atoms with E-state index in [-0.39, 0.29) is 41.7 Å². The normalized spacial score (nSPS) is 31.5. The van der Waals surface area contributed by atoms with Crippen LogP contribution in [0.25, 0.3) is 0 Å². The molecule has 0 heterocycles. The minimum Gasteiger partial charge on any atom is -0.266 e. The highest BCUT2D eigenvalue weighted by atomic mass is 17.1. The van der Waals surface area contributed by atoms with Crippen LogP contribution in [0.15, 0.2) is 0 Å². The van der Waals surface area contributed by atoms with E-state index in [1.54, 1.807) is 0 Å². The maximum Gasteiger partial charge on any atom is 0.0770 e. The molecule has 0 radical (unpaired) electrons. The minimum absolute atomic E-state index is 0.122. The Bertz CT molecular complexity index is 160. The van der Waals surface area contributed by atoms with E-state index in [0.29, 0.717) is 0 Å². The minimum atomic E-state index is -0.340. The lowest BCUT2D eigenvalue weighted by atomic mass is 10.3. The molecule has 0 aromatic carbocycles. The van der Waals surface area contributed by atoms with Crippen molar-refractivity contribution in [2.24, 2.45) is 17.8 Å². The van der Waals surface area contributed by atoms with Crippen LogP contribution in [0, 0.1) is 17.8 Å². The summed E-state index contributed by atoms with van der Waals surface area (Å²) in [6.45, 7) is 2.23. The molecule has 0 spiro atoms. The third-order valence-electron chi connectivity index (χ3n) is 2.52. The van der Waals surface area contributed by atoms with E-state index in [2.05, 4.69) is 9.68 Å². The molecule has 0 aromatic rings. The van der Waals surface area contributed by atoms with E-state index in [4.69, 9.17) is 20.8 Å². The summed E-state index contributed by atoms with van der Waals surface area (Å²) in [4.78, 5) is 8.85. The number of hydrogen-bond acceptors (Lipinski definition) is 8. The zero-order chi connectivity index (χ0) is 10.7. The summed E-state index contributed by atoms with van der Waals surface area (Å²) in [5.41, 5.74) is 0. The number of rotatable bonds is 6. The van der Waals surface area contributed by atoms with Gasteiger partial charge < -0.3 is 0 Å². The van der Waals surface area contributed by atoms with Crippen LogP contribution >= 0.6 is 0 Å². The monoisotopic (exact) mass is 210 g/mol. The zero-order valence-corrected chi connectivity index (χ0v) is 7.65. The van der Waals surface area contributed by atoms with Crippen molar-refractivity contribution in [3.8, 4) is 0 Å². The molecular weight excluding hydrogens is 196 g/mol. The molecule has 0 bridgehead atoms. The molecule has 0 saturated heterocycles. The Balaban J connectivity index is 2.11. The summed E-state index contributed by atoms with van der Waals surface area (Å²) >= 11 is 0. The fourth-order valence-corrected chi connectivity index (χ4v) is 1.49. The van der Waals surface area contributed by atoms with Gasteiger partial charge in [0, 0.05) is 0 Å². The largest absolute Gasteiger partial charge is 0.266 e. The Kier molecular flexibility index (Phi) is 4.16. The van der Waals surface area contributed by atoms with Gasteiger partial charge in [0.25, 0.3) is 0 Å². The highest BCUT2D eigenvalue weighted by molar-refractivity contribution is 4.93. The van der Waals surface area contributed by atoms with Gasteiger partial charge >= 0.3 is 0 Å². The van der Waals surface area contributed by atoms with Crippen molar-refractivity contribution < 1.29 is 30.5 Å². The van der Waals surface area contributed by atoms with Gasteiger partial charge in [0.1, 0.15) is 0 Å². The predicted molar refractivity (Wildman–Crippen MR) is 38.9 cm³/mol. The third-order valence-corrected chi connectivity index (χ3v) is 2.52. The van der Waals surface area contributed by atoms with Crippen LogP contribution in [0.5, 0.6) is 0 Å².